The number of hydrogen-bond donors (Lipinski definition) is 2. The molecular weight excluding hydrogens is 219 g/mol. The molecule has 0 aliphatic rings. The molecule has 1 aromatic carbocycles. The Hall–Kier alpha value is -1.14. The van der Waals surface area contributed by atoms with Crippen LogP contribution in [0.25, 0.3) is 0 Å². The van der Waals surface area contributed by atoms with Crippen LogP contribution in [0.5, 0.6) is 0 Å². The Morgan fingerprint density at radius 3 is 2.67 bits per heavy atom. The lowest BCUT2D eigenvalue weighted by Gasteiger charge is -2.09. The first-order valence-electron chi connectivity index (χ1n) is 4.41. The normalized spacial score (nSPS) is 11.4. The molecule has 1 rings (SSSR count). The Morgan fingerprint density at radius 2 is 2.13 bits per heavy atom. The molecule has 0 unspecified atom stereocenters. The molecule has 0 saturated carbocycles. The van der Waals surface area contributed by atoms with Crippen molar-refractivity contribution in [2.75, 3.05) is 17.0 Å². The number of anilines is 1. The third-order valence-corrected chi connectivity index (χ3v) is 3.14. The molecule has 0 spiro atoms. The Balaban J connectivity index is 2.90. The number of hydrogen-bond acceptors (Lipinski definition) is 3. The highest BCUT2D eigenvalue weighted by atomic mass is 32.2. The molecule has 0 heterocycles. The molecule has 15 heavy (non-hydrogen) atoms. The molecular formula is C9H13FN2O2S. The van der Waals surface area contributed by atoms with E-state index < -0.39 is 15.8 Å². The molecule has 0 atom stereocenters. The zero-order chi connectivity index (χ0) is 11.5. The Morgan fingerprint density at radius 1 is 1.47 bits per heavy atom. The van der Waals surface area contributed by atoms with Crippen molar-refractivity contribution >= 4 is 15.7 Å². The van der Waals surface area contributed by atoms with Crippen molar-refractivity contribution in [2.45, 2.75) is 6.92 Å². The maximum Gasteiger partial charge on any atom is 0.233 e. The maximum absolute atomic E-state index is 12.7. The summed E-state index contributed by atoms with van der Waals surface area (Å²) in [5, 5.41) is 0. The Kier molecular flexibility index (Phi) is 3.65. The van der Waals surface area contributed by atoms with Gasteiger partial charge in [0.05, 0.1) is 11.4 Å². The molecule has 0 aliphatic heterocycles. The summed E-state index contributed by atoms with van der Waals surface area (Å²) in [6.45, 7) is 1.68. The first kappa shape index (κ1) is 11.9. The van der Waals surface area contributed by atoms with Crippen LogP contribution >= 0.6 is 0 Å². The minimum atomic E-state index is -3.42. The second kappa shape index (κ2) is 4.59. The molecule has 0 radical (unpaired) electrons. The number of nitrogens with one attached hydrogen (secondary N) is 1. The second-order valence-corrected chi connectivity index (χ2v) is 5.01. The highest BCUT2D eigenvalue weighted by Crippen LogP contribution is 2.16. The van der Waals surface area contributed by atoms with E-state index >= 15 is 0 Å². The van der Waals surface area contributed by atoms with E-state index in [0.717, 1.165) is 0 Å². The van der Waals surface area contributed by atoms with Gasteiger partial charge in [-0.3, -0.25) is 4.72 Å². The lowest BCUT2D eigenvalue weighted by molar-refractivity contribution is 0.600. The largest absolute Gasteiger partial charge is 0.329 e. The van der Waals surface area contributed by atoms with Gasteiger partial charge in [0.25, 0.3) is 0 Å². The van der Waals surface area contributed by atoms with Gasteiger partial charge in [0, 0.05) is 6.54 Å². The molecule has 0 saturated heterocycles. The summed E-state index contributed by atoms with van der Waals surface area (Å²) >= 11 is 0. The van der Waals surface area contributed by atoms with Crippen LogP contribution in [0.3, 0.4) is 0 Å². The second-order valence-electron chi connectivity index (χ2n) is 3.17. The van der Waals surface area contributed by atoms with Gasteiger partial charge in [-0.2, -0.15) is 0 Å². The fraction of sp³-hybridized carbons (Fsp3) is 0.333. The van der Waals surface area contributed by atoms with Crippen LogP contribution in [-0.4, -0.2) is 20.7 Å². The highest BCUT2D eigenvalue weighted by molar-refractivity contribution is 7.92. The third-order valence-electron chi connectivity index (χ3n) is 1.84. The van der Waals surface area contributed by atoms with Gasteiger partial charge in [-0.25, -0.2) is 12.8 Å². The van der Waals surface area contributed by atoms with Crippen LogP contribution in [0.15, 0.2) is 18.2 Å². The lowest BCUT2D eigenvalue weighted by atomic mass is 10.2. The van der Waals surface area contributed by atoms with Crippen LogP contribution in [0.4, 0.5) is 10.1 Å². The van der Waals surface area contributed by atoms with Gasteiger partial charge in [0.1, 0.15) is 5.82 Å². The predicted octanol–water partition coefficient (Wildman–Crippen LogP) is 0.835. The van der Waals surface area contributed by atoms with E-state index in [1.54, 1.807) is 6.92 Å². The quantitative estimate of drug-likeness (QED) is 0.807. The number of sulfonamides is 1. The monoisotopic (exact) mass is 232 g/mol. The molecule has 0 aliphatic carbocycles. The molecule has 1 aromatic rings. The van der Waals surface area contributed by atoms with Crippen LogP contribution in [-0.2, 0) is 10.0 Å². The summed E-state index contributed by atoms with van der Waals surface area (Å²) in [7, 11) is -3.42. The minimum absolute atomic E-state index is 0.0512. The molecule has 0 fully saturated rings. The van der Waals surface area contributed by atoms with Gasteiger partial charge in [0.2, 0.25) is 10.0 Å². The lowest BCUT2D eigenvalue weighted by Crippen LogP contribution is -2.22. The van der Waals surface area contributed by atoms with E-state index in [1.807, 2.05) is 0 Å². The summed E-state index contributed by atoms with van der Waals surface area (Å²) in [5.41, 5.74) is 6.07. The Labute approximate surface area is 88.3 Å². The van der Waals surface area contributed by atoms with Crippen molar-refractivity contribution in [3.05, 3.63) is 29.6 Å². The summed E-state index contributed by atoms with van der Waals surface area (Å²) in [4.78, 5) is 0. The zero-order valence-electron chi connectivity index (χ0n) is 8.33. The van der Waals surface area contributed by atoms with Crippen molar-refractivity contribution in [2.24, 2.45) is 5.73 Å². The number of aryl methyl sites for hydroxylation is 1. The van der Waals surface area contributed by atoms with Gasteiger partial charge in [-0.15, -0.1) is 0 Å². The van der Waals surface area contributed by atoms with Crippen molar-refractivity contribution in [1.82, 2.24) is 0 Å². The SMILES string of the molecule is Cc1cc(F)ccc1NS(=O)(=O)CCN. The van der Waals surface area contributed by atoms with Crippen LogP contribution < -0.4 is 10.5 Å². The fourth-order valence-corrected chi connectivity index (χ4v) is 2.09. The Bertz CT molecular complexity index is 445. The summed E-state index contributed by atoms with van der Waals surface area (Å²) in [6.07, 6.45) is 0. The number of rotatable bonds is 4. The average Bonchev–Trinajstić information content (AvgIpc) is 2.09. The molecule has 0 amide bonds. The van der Waals surface area contributed by atoms with Crippen LogP contribution in [0.1, 0.15) is 5.56 Å². The van der Waals surface area contributed by atoms with Gasteiger partial charge in [-0.1, -0.05) is 0 Å². The average molecular weight is 232 g/mol. The van der Waals surface area contributed by atoms with Crippen molar-refractivity contribution in [1.29, 1.82) is 0 Å². The number of nitrogens with two attached hydrogens (primary N) is 1. The summed E-state index contributed by atoms with van der Waals surface area (Å²) in [6, 6.07) is 3.85. The van der Waals surface area contributed by atoms with Crippen molar-refractivity contribution in [3.8, 4) is 0 Å². The molecule has 84 valence electrons. The third kappa shape index (κ3) is 3.49. The van der Waals surface area contributed by atoms with Gasteiger partial charge < -0.3 is 5.73 Å². The van der Waals surface area contributed by atoms with E-state index in [9.17, 15) is 12.8 Å². The molecule has 6 heteroatoms. The van der Waals surface area contributed by atoms with E-state index in [-0.39, 0.29) is 12.3 Å². The fourth-order valence-electron chi connectivity index (χ4n) is 1.12. The maximum atomic E-state index is 12.7. The first-order valence-corrected chi connectivity index (χ1v) is 6.06. The van der Waals surface area contributed by atoms with Gasteiger partial charge >= 0.3 is 0 Å². The van der Waals surface area contributed by atoms with E-state index in [2.05, 4.69) is 4.72 Å². The van der Waals surface area contributed by atoms with Crippen LogP contribution in [0.2, 0.25) is 0 Å². The van der Waals surface area contributed by atoms with Crippen LogP contribution in [0, 0.1) is 12.7 Å². The van der Waals surface area contributed by atoms with E-state index in [0.29, 0.717) is 11.3 Å². The minimum Gasteiger partial charge on any atom is -0.329 e. The van der Waals surface area contributed by atoms with E-state index in [1.165, 1.54) is 18.2 Å². The number of halogens is 1. The van der Waals surface area contributed by atoms with Gasteiger partial charge in [-0.05, 0) is 30.7 Å². The topological polar surface area (TPSA) is 72.2 Å². The molecule has 0 bridgehead atoms. The smallest absolute Gasteiger partial charge is 0.233 e. The standard InChI is InChI=1S/C9H13FN2O2S/c1-7-6-8(10)2-3-9(7)12-15(13,14)5-4-11/h2-3,6,12H,4-5,11H2,1H3. The van der Waals surface area contributed by atoms with E-state index in [4.69, 9.17) is 5.73 Å². The summed E-state index contributed by atoms with van der Waals surface area (Å²) < 4.78 is 37.8. The van der Waals surface area contributed by atoms with Crippen molar-refractivity contribution < 1.29 is 12.8 Å². The number of benzene rings is 1. The highest BCUT2D eigenvalue weighted by Gasteiger charge is 2.10. The summed E-state index contributed by atoms with van der Waals surface area (Å²) in [5.74, 6) is -0.543. The molecule has 3 N–H and O–H groups in total. The van der Waals surface area contributed by atoms with Gasteiger partial charge in [0.15, 0.2) is 0 Å². The predicted molar refractivity (Wildman–Crippen MR) is 57.6 cm³/mol. The van der Waals surface area contributed by atoms with Crippen molar-refractivity contribution in [3.63, 3.8) is 0 Å². The zero-order valence-corrected chi connectivity index (χ0v) is 9.14. The molecule has 4 nitrogen and oxygen atoms in total. The molecule has 0 aromatic heterocycles. The first-order chi connectivity index (χ1) is 6.94.